The minimum absolute atomic E-state index is 0.00380. The minimum atomic E-state index is -3.58. The van der Waals surface area contributed by atoms with Crippen molar-refractivity contribution in [2.24, 2.45) is 11.7 Å². The van der Waals surface area contributed by atoms with Crippen molar-refractivity contribution in [1.82, 2.24) is 0 Å². The van der Waals surface area contributed by atoms with Crippen molar-refractivity contribution >= 4 is 17.7 Å². The first-order valence-corrected chi connectivity index (χ1v) is 15.3. The maximum atomic E-state index is 12.3. The van der Waals surface area contributed by atoms with Gasteiger partial charge in [-0.25, -0.2) is 4.79 Å². The fourth-order valence-corrected chi connectivity index (χ4v) is 3.80. The van der Waals surface area contributed by atoms with Gasteiger partial charge in [0.15, 0.2) is 0 Å². The van der Waals surface area contributed by atoms with E-state index in [2.05, 4.69) is 13.8 Å². The predicted octanol–water partition coefficient (Wildman–Crippen LogP) is 4.69. The average Bonchev–Trinajstić information content (AvgIpc) is 2.84. The summed E-state index contributed by atoms with van der Waals surface area (Å²) in [5.41, 5.74) is 6.30. The molecule has 0 spiro atoms. The summed E-state index contributed by atoms with van der Waals surface area (Å²) in [6, 6.07) is 7.83. The third-order valence-electron chi connectivity index (χ3n) is 5.85. The summed E-state index contributed by atoms with van der Waals surface area (Å²) in [6.45, 7) is 4.56. The number of ether oxygens (including phenoxy) is 1. The van der Waals surface area contributed by atoms with Crippen molar-refractivity contribution in [2.45, 2.75) is 109 Å². The molecule has 2 unspecified atom stereocenters. The number of Topliss-reactive ketones (excluding diaryl/α,β-unsaturated/α-hetero) is 1. The third kappa shape index (κ3) is 20.9. The third-order valence-corrected chi connectivity index (χ3v) is 5.85. The van der Waals surface area contributed by atoms with Crippen LogP contribution in [0.15, 0.2) is 30.3 Å². The molecule has 0 aromatic heterocycles. The number of carbonyl (C=O) groups excluding carboxylic acids is 2. The van der Waals surface area contributed by atoms with Crippen LogP contribution >= 0.6 is 0 Å². The summed E-state index contributed by atoms with van der Waals surface area (Å²) < 4.78 is 28.2. The molecule has 1 aromatic rings. The van der Waals surface area contributed by atoms with Crippen LogP contribution in [0, 0.1) is 5.92 Å². The number of benzene rings is 1. The molecule has 0 aliphatic rings. The van der Waals surface area contributed by atoms with E-state index in [0.29, 0.717) is 6.42 Å². The second kappa shape index (κ2) is 22.2. The zero-order chi connectivity index (χ0) is 28.1. The molecule has 10 heteroatoms. The standard InChI is InChI=1S/C27H43NO5.2H2O.O.Ti/c1-21(2)15-11-8-6-4-3-5-7-9-14-18-23(28)19-20-24(29)33-26(27(31)32)25(30)22-16-12-10-13-17-22;;;;/h10,12-13,16-17,21,23,26H,3-9,11,14-15,18-20,28H2,1-2H3,(H,31,32);2*1H2;;/q;;;;+2/p-2. The first-order valence-electron chi connectivity index (χ1n) is 13.2. The molecule has 0 fully saturated rings. The first-order chi connectivity index (χ1) is 17.5. The van der Waals surface area contributed by atoms with Gasteiger partial charge in [0.25, 0.3) is 6.10 Å². The van der Waals surface area contributed by atoms with E-state index in [9.17, 15) is 19.5 Å². The molecule has 210 valence electrons. The summed E-state index contributed by atoms with van der Waals surface area (Å²) in [6.07, 6.45) is 12.1. The zero-order valence-electron chi connectivity index (χ0n) is 22.3. The second-order valence-corrected chi connectivity index (χ2v) is 10.6. The molecular formula is C27H45NO8Ti. The molecule has 5 N–H and O–H groups in total. The zero-order valence-corrected chi connectivity index (χ0v) is 23.8. The van der Waals surface area contributed by atoms with Gasteiger partial charge in [-0.2, -0.15) is 0 Å². The van der Waals surface area contributed by atoms with Crippen molar-refractivity contribution in [3.63, 3.8) is 0 Å². The SMILES string of the molecule is CC(C)CCCCCCCCCCCC(N)CCC(=O)OC(C(=O)O)C(=O)c1ccccc1.[O]=[Ti]([OH])[OH]. The van der Waals surface area contributed by atoms with Gasteiger partial charge < -0.3 is 15.6 Å². The van der Waals surface area contributed by atoms with E-state index in [1.807, 2.05) is 0 Å². The molecular weight excluding hydrogens is 514 g/mol. The van der Waals surface area contributed by atoms with Crippen LogP contribution in [0.2, 0.25) is 0 Å². The number of rotatable bonds is 19. The normalized spacial score (nSPS) is 12.3. The topological polar surface area (TPSA) is 164 Å². The van der Waals surface area contributed by atoms with Gasteiger partial charge in [-0.15, -0.1) is 0 Å². The van der Waals surface area contributed by atoms with Crippen LogP contribution in [0.4, 0.5) is 0 Å². The summed E-state index contributed by atoms with van der Waals surface area (Å²) in [7, 11) is 0. The number of carbonyl (C=O) groups is 3. The van der Waals surface area contributed by atoms with E-state index in [-0.39, 0.29) is 18.0 Å². The van der Waals surface area contributed by atoms with Gasteiger partial charge >= 0.3 is 41.3 Å². The van der Waals surface area contributed by atoms with Crippen molar-refractivity contribution in [2.75, 3.05) is 0 Å². The number of carboxylic acids is 1. The van der Waals surface area contributed by atoms with Crippen LogP contribution < -0.4 is 5.73 Å². The average molecular weight is 560 g/mol. The number of carboxylic acid groups (broad SMARTS) is 1. The van der Waals surface area contributed by atoms with Crippen LogP contribution in [0.5, 0.6) is 0 Å². The fraction of sp³-hybridized carbons (Fsp3) is 0.667. The molecule has 0 aliphatic carbocycles. The Balaban J connectivity index is 0.00000300. The molecule has 0 radical (unpaired) electrons. The Labute approximate surface area is 227 Å². The summed E-state index contributed by atoms with van der Waals surface area (Å²) in [5, 5.41) is 9.29. The summed E-state index contributed by atoms with van der Waals surface area (Å²) >= 11 is -3.58. The monoisotopic (exact) mass is 559 g/mol. The van der Waals surface area contributed by atoms with Crippen LogP contribution in [-0.4, -0.2) is 42.4 Å². The Bertz CT molecular complexity index is 784. The van der Waals surface area contributed by atoms with Gasteiger partial charge in [0.2, 0.25) is 5.78 Å². The maximum absolute atomic E-state index is 12.3. The summed E-state index contributed by atoms with van der Waals surface area (Å²) in [5.74, 6) is -2.11. The molecule has 9 nitrogen and oxygen atoms in total. The molecule has 1 rings (SSSR count). The van der Waals surface area contributed by atoms with Gasteiger partial charge in [-0.3, -0.25) is 9.59 Å². The number of esters is 1. The van der Waals surface area contributed by atoms with E-state index < -0.39 is 42.4 Å². The Morgan fingerprint density at radius 3 is 1.76 bits per heavy atom. The molecule has 1 aromatic carbocycles. The molecule has 37 heavy (non-hydrogen) atoms. The number of ketones is 1. The molecule has 0 heterocycles. The van der Waals surface area contributed by atoms with E-state index in [0.717, 1.165) is 25.2 Å². The van der Waals surface area contributed by atoms with Gasteiger partial charge in [-0.1, -0.05) is 108 Å². The Hall–Kier alpha value is -1.78. The molecule has 0 bridgehead atoms. The quantitative estimate of drug-likeness (QED) is 0.0619. The molecule has 0 saturated carbocycles. The van der Waals surface area contributed by atoms with Crippen LogP contribution in [0.25, 0.3) is 0 Å². The number of hydrogen-bond donors (Lipinski definition) is 4. The van der Waals surface area contributed by atoms with E-state index in [4.69, 9.17) is 21.2 Å². The second-order valence-electron chi connectivity index (χ2n) is 9.67. The van der Waals surface area contributed by atoms with Crippen molar-refractivity contribution in [3.05, 3.63) is 35.9 Å². The van der Waals surface area contributed by atoms with E-state index in [1.54, 1.807) is 18.2 Å². The van der Waals surface area contributed by atoms with Gasteiger partial charge in [0, 0.05) is 18.0 Å². The Kier molecular flexibility index (Phi) is 21.2. The van der Waals surface area contributed by atoms with Crippen molar-refractivity contribution < 1.29 is 53.5 Å². The van der Waals surface area contributed by atoms with Gasteiger partial charge in [0.1, 0.15) is 0 Å². The van der Waals surface area contributed by atoms with Gasteiger partial charge in [0.05, 0.1) is 0 Å². The van der Waals surface area contributed by atoms with Crippen LogP contribution in [0.3, 0.4) is 0 Å². The van der Waals surface area contributed by atoms with E-state index >= 15 is 0 Å². The van der Waals surface area contributed by atoms with Crippen molar-refractivity contribution in [1.29, 1.82) is 0 Å². The molecule has 2 atom stereocenters. The molecule has 0 amide bonds. The summed E-state index contributed by atoms with van der Waals surface area (Å²) in [4.78, 5) is 35.8. The first kappa shape index (κ1) is 35.2. The number of unbranched alkanes of at least 4 members (excludes halogenated alkanes) is 8. The number of aliphatic carboxylic acids is 1. The number of nitrogens with two attached hydrogens (primary N) is 1. The predicted molar refractivity (Wildman–Crippen MR) is 136 cm³/mol. The number of hydrogen-bond acceptors (Lipinski definition) is 6. The molecule has 0 saturated heterocycles. The molecule has 0 aliphatic heterocycles. The Morgan fingerprint density at radius 2 is 1.30 bits per heavy atom. The fourth-order valence-electron chi connectivity index (χ4n) is 3.80. The van der Waals surface area contributed by atoms with Crippen LogP contribution in [-0.2, 0) is 36.3 Å². The van der Waals surface area contributed by atoms with Gasteiger partial charge in [-0.05, 0) is 18.8 Å². The van der Waals surface area contributed by atoms with Crippen LogP contribution in [0.1, 0.15) is 108 Å². The Morgan fingerprint density at radius 1 is 0.838 bits per heavy atom. The van der Waals surface area contributed by atoms with E-state index in [1.165, 1.54) is 63.5 Å². The van der Waals surface area contributed by atoms with Crippen molar-refractivity contribution in [3.8, 4) is 0 Å².